The maximum Gasteiger partial charge on any atom is 0.0750 e. The number of hydrogen-bond donors (Lipinski definition) is 1. The Morgan fingerprint density at radius 1 is 1.45 bits per heavy atom. The molecule has 0 saturated carbocycles. The van der Waals surface area contributed by atoms with E-state index in [1.165, 1.54) is 12.1 Å². The van der Waals surface area contributed by atoms with E-state index in [0.717, 1.165) is 49.5 Å². The maximum atomic E-state index is 6.33. The van der Waals surface area contributed by atoms with E-state index in [2.05, 4.69) is 30.0 Å². The lowest BCUT2D eigenvalue weighted by molar-refractivity contribution is 0.0440. The standard InChI is InChI=1S/C16H25ClN2O/c1-2-10-20-15-4-3-9-19(12-15)14-6-5-13(7-8-18)16(17)11-14/h5-6,11,15H,2-4,7-10,12,18H2,1H3. The molecule has 0 bridgehead atoms. The third kappa shape index (κ3) is 4.11. The predicted octanol–water partition coefficient (Wildman–Crippen LogP) is 3.24. The van der Waals surface area contributed by atoms with Gasteiger partial charge in [0.2, 0.25) is 0 Å². The minimum Gasteiger partial charge on any atom is -0.376 e. The third-order valence-corrected chi connectivity index (χ3v) is 4.10. The summed E-state index contributed by atoms with van der Waals surface area (Å²) in [6.45, 7) is 5.69. The zero-order chi connectivity index (χ0) is 14.4. The quantitative estimate of drug-likeness (QED) is 0.876. The summed E-state index contributed by atoms with van der Waals surface area (Å²) in [6, 6.07) is 6.31. The summed E-state index contributed by atoms with van der Waals surface area (Å²) >= 11 is 6.33. The highest BCUT2D eigenvalue weighted by Gasteiger charge is 2.20. The first kappa shape index (κ1) is 15.6. The van der Waals surface area contributed by atoms with Crippen LogP contribution in [0, 0.1) is 0 Å². The fourth-order valence-corrected chi connectivity index (χ4v) is 2.95. The van der Waals surface area contributed by atoms with Crippen molar-refractivity contribution >= 4 is 17.3 Å². The van der Waals surface area contributed by atoms with Crippen LogP contribution in [-0.2, 0) is 11.2 Å². The van der Waals surface area contributed by atoms with Gasteiger partial charge in [0.25, 0.3) is 0 Å². The number of benzene rings is 1. The van der Waals surface area contributed by atoms with Gasteiger partial charge in [0.1, 0.15) is 0 Å². The van der Waals surface area contributed by atoms with Crippen LogP contribution in [0.5, 0.6) is 0 Å². The second-order valence-electron chi connectivity index (χ2n) is 5.40. The first-order valence-corrected chi connectivity index (χ1v) is 7.97. The number of rotatable bonds is 6. The molecule has 1 aromatic rings. The summed E-state index contributed by atoms with van der Waals surface area (Å²) < 4.78 is 5.89. The summed E-state index contributed by atoms with van der Waals surface area (Å²) in [6.07, 6.45) is 4.61. The molecular formula is C16H25ClN2O. The van der Waals surface area contributed by atoms with E-state index in [9.17, 15) is 0 Å². The van der Waals surface area contributed by atoms with Crippen LogP contribution in [0.3, 0.4) is 0 Å². The van der Waals surface area contributed by atoms with Crippen molar-refractivity contribution in [1.82, 2.24) is 0 Å². The van der Waals surface area contributed by atoms with E-state index < -0.39 is 0 Å². The van der Waals surface area contributed by atoms with Crippen molar-refractivity contribution < 1.29 is 4.74 Å². The third-order valence-electron chi connectivity index (χ3n) is 3.75. The van der Waals surface area contributed by atoms with E-state index in [1.807, 2.05) is 0 Å². The maximum absolute atomic E-state index is 6.33. The highest BCUT2D eigenvalue weighted by atomic mass is 35.5. The Kier molecular flexibility index (Phi) is 6.14. The molecule has 112 valence electrons. The van der Waals surface area contributed by atoms with Crippen LogP contribution < -0.4 is 10.6 Å². The Labute approximate surface area is 127 Å². The van der Waals surface area contributed by atoms with Gasteiger partial charge >= 0.3 is 0 Å². The van der Waals surface area contributed by atoms with Crippen molar-refractivity contribution in [2.45, 2.75) is 38.7 Å². The summed E-state index contributed by atoms with van der Waals surface area (Å²) in [7, 11) is 0. The van der Waals surface area contributed by atoms with Gasteiger partial charge in [-0.3, -0.25) is 0 Å². The van der Waals surface area contributed by atoms with Gasteiger partial charge in [0.15, 0.2) is 0 Å². The highest BCUT2D eigenvalue weighted by Crippen LogP contribution is 2.27. The van der Waals surface area contributed by atoms with Crippen LogP contribution in [0.4, 0.5) is 5.69 Å². The number of halogens is 1. The van der Waals surface area contributed by atoms with Gasteiger partial charge < -0.3 is 15.4 Å². The molecule has 1 unspecified atom stereocenters. The van der Waals surface area contributed by atoms with Crippen molar-refractivity contribution in [3.05, 3.63) is 28.8 Å². The second kappa shape index (κ2) is 7.87. The SMILES string of the molecule is CCCOC1CCCN(c2ccc(CCN)c(Cl)c2)C1. The monoisotopic (exact) mass is 296 g/mol. The molecule has 0 aromatic heterocycles. The second-order valence-corrected chi connectivity index (χ2v) is 5.80. The van der Waals surface area contributed by atoms with Gasteiger partial charge in [0.05, 0.1) is 6.10 Å². The van der Waals surface area contributed by atoms with Crippen LogP contribution in [0.15, 0.2) is 18.2 Å². The molecule has 1 aromatic carbocycles. The first-order chi connectivity index (χ1) is 9.74. The average molecular weight is 297 g/mol. The number of nitrogens with zero attached hydrogens (tertiary/aromatic N) is 1. The predicted molar refractivity (Wildman–Crippen MR) is 85.7 cm³/mol. The Morgan fingerprint density at radius 2 is 2.30 bits per heavy atom. The van der Waals surface area contributed by atoms with Gasteiger partial charge in [0, 0.05) is 30.4 Å². The summed E-state index contributed by atoms with van der Waals surface area (Å²) in [5.74, 6) is 0. The molecule has 20 heavy (non-hydrogen) atoms. The Balaban J connectivity index is 2.01. The van der Waals surface area contributed by atoms with Crippen LogP contribution in [0.25, 0.3) is 0 Å². The number of anilines is 1. The van der Waals surface area contributed by atoms with E-state index in [1.54, 1.807) is 0 Å². The lowest BCUT2D eigenvalue weighted by Gasteiger charge is -2.34. The van der Waals surface area contributed by atoms with Gasteiger partial charge in [-0.15, -0.1) is 0 Å². The van der Waals surface area contributed by atoms with E-state index in [4.69, 9.17) is 22.1 Å². The van der Waals surface area contributed by atoms with Crippen LogP contribution in [0.2, 0.25) is 5.02 Å². The molecule has 2 rings (SSSR count). The zero-order valence-corrected chi connectivity index (χ0v) is 13.0. The Morgan fingerprint density at radius 3 is 3.00 bits per heavy atom. The first-order valence-electron chi connectivity index (χ1n) is 7.59. The number of ether oxygens (including phenoxy) is 1. The fourth-order valence-electron chi connectivity index (χ4n) is 2.68. The molecule has 0 spiro atoms. The minimum atomic E-state index is 0.353. The molecule has 1 atom stereocenters. The normalized spacial score (nSPS) is 19.4. The molecule has 1 fully saturated rings. The molecular weight excluding hydrogens is 272 g/mol. The summed E-state index contributed by atoms with van der Waals surface area (Å²) in [5.41, 5.74) is 7.92. The molecule has 1 heterocycles. The van der Waals surface area contributed by atoms with Crippen molar-refractivity contribution in [2.75, 3.05) is 31.1 Å². The van der Waals surface area contributed by atoms with Crippen molar-refractivity contribution in [1.29, 1.82) is 0 Å². The molecule has 4 heteroatoms. The number of nitrogens with two attached hydrogens (primary N) is 1. The number of hydrogen-bond acceptors (Lipinski definition) is 3. The van der Waals surface area contributed by atoms with Gasteiger partial charge in [-0.25, -0.2) is 0 Å². The average Bonchev–Trinajstić information content (AvgIpc) is 2.48. The minimum absolute atomic E-state index is 0.353. The highest BCUT2D eigenvalue weighted by molar-refractivity contribution is 6.31. The Hall–Kier alpha value is -0.770. The molecule has 1 saturated heterocycles. The van der Waals surface area contributed by atoms with Crippen molar-refractivity contribution in [2.24, 2.45) is 5.73 Å². The topological polar surface area (TPSA) is 38.5 Å². The van der Waals surface area contributed by atoms with Gasteiger partial charge in [-0.05, 0) is 49.9 Å². The lowest BCUT2D eigenvalue weighted by Crippen LogP contribution is -2.39. The van der Waals surface area contributed by atoms with Crippen molar-refractivity contribution in [3.63, 3.8) is 0 Å². The molecule has 1 aliphatic heterocycles. The van der Waals surface area contributed by atoms with Crippen LogP contribution in [0.1, 0.15) is 31.7 Å². The smallest absolute Gasteiger partial charge is 0.0750 e. The van der Waals surface area contributed by atoms with E-state index >= 15 is 0 Å². The van der Waals surface area contributed by atoms with Gasteiger partial charge in [-0.1, -0.05) is 24.6 Å². The Bertz CT molecular complexity index is 425. The van der Waals surface area contributed by atoms with Crippen LogP contribution in [-0.4, -0.2) is 32.3 Å². The van der Waals surface area contributed by atoms with Crippen molar-refractivity contribution in [3.8, 4) is 0 Å². The molecule has 3 nitrogen and oxygen atoms in total. The molecule has 0 radical (unpaired) electrons. The van der Waals surface area contributed by atoms with Gasteiger partial charge in [-0.2, -0.15) is 0 Å². The fraction of sp³-hybridized carbons (Fsp3) is 0.625. The number of piperidine rings is 1. The molecule has 2 N–H and O–H groups in total. The van der Waals surface area contributed by atoms with Crippen LogP contribution >= 0.6 is 11.6 Å². The lowest BCUT2D eigenvalue weighted by atomic mass is 10.1. The molecule has 0 amide bonds. The van der Waals surface area contributed by atoms with E-state index in [0.29, 0.717) is 12.6 Å². The molecule has 0 aliphatic carbocycles. The molecule has 1 aliphatic rings. The zero-order valence-electron chi connectivity index (χ0n) is 12.3. The summed E-state index contributed by atoms with van der Waals surface area (Å²) in [5, 5.41) is 0.824. The summed E-state index contributed by atoms with van der Waals surface area (Å²) in [4.78, 5) is 2.38. The largest absolute Gasteiger partial charge is 0.376 e. The van der Waals surface area contributed by atoms with E-state index in [-0.39, 0.29) is 0 Å².